The van der Waals surface area contributed by atoms with Crippen molar-refractivity contribution in [1.29, 1.82) is 0 Å². The van der Waals surface area contributed by atoms with Gasteiger partial charge in [-0.15, -0.1) is 0 Å². The van der Waals surface area contributed by atoms with Gasteiger partial charge in [0.05, 0.1) is 0 Å². The van der Waals surface area contributed by atoms with Gasteiger partial charge in [-0.05, 0) is 37.0 Å². The number of nitrogens with zero attached hydrogens (tertiary/aromatic N) is 2. The van der Waals surface area contributed by atoms with Crippen LogP contribution in [0.2, 0.25) is 0 Å². The highest BCUT2D eigenvalue weighted by molar-refractivity contribution is 5.94. The van der Waals surface area contributed by atoms with Gasteiger partial charge in [0.1, 0.15) is 5.82 Å². The van der Waals surface area contributed by atoms with E-state index < -0.39 is 0 Å². The lowest BCUT2D eigenvalue weighted by atomic mass is 10.1. The van der Waals surface area contributed by atoms with Crippen LogP contribution in [-0.4, -0.2) is 48.4 Å². The number of hydrogen-bond acceptors (Lipinski definition) is 2. The highest BCUT2D eigenvalue weighted by atomic mass is 19.1. The number of amides is 1. The summed E-state index contributed by atoms with van der Waals surface area (Å²) in [7, 11) is 0. The van der Waals surface area contributed by atoms with Crippen LogP contribution in [-0.2, 0) is 0 Å². The molecule has 0 bridgehead atoms. The van der Waals surface area contributed by atoms with Gasteiger partial charge in [0.15, 0.2) is 0 Å². The van der Waals surface area contributed by atoms with E-state index in [1.165, 1.54) is 31.5 Å². The van der Waals surface area contributed by atoms with Gasteiger partial charge in [0, 0.05) is 38.3 Å². The van der Waals surface area contributed by atoms with Crippen molar-refractivity contribution in [2.24, 2.45) is 5.92 Å². The number of benzene rings is 1. The molecule has 3 nitrogen and oxygen atoms in total. The molecule has 1 aliphatic heterocycles. The van der Waals surface area contributed by atoms with E-state index in [0.717, 1.165) is 32.1 Å². The predicted octanol–water partition coefficient (Wildman–Crippen LogP) is 1.99. The molecular weight excluding hydrogens is 243 g/mol. The summed E-state index contributed by atoms with van der Waals surface area (Å²) in [5.74, 6) is 0.495. The number of piperazine rings is 1. The molecule has 1 aromatic rings. The van der Waals surface area contributed by atoms with Crippen LogP contribution in [0.3, 0.4) is 0 Å². The molecular formula is C15H19FN2O. The molecule has 2 aliphatic rings. The Bertz CT molecular complexity index is 465. The van der Waals surface area contributed by atoms with Crippen LogP contribution in [0.1, 0.15) is 23.2 Å². The first-order chi connectivity index (χ1) is 9.22. The van der Waals surface area contributed by atoms with Crippen LogP contribution in [0, 0.1) is 11.7 Å². The molecule has 1 aliphatic carbocycles. The van der Waals surface area contributed by atoms with Crippen molar-refractivity contribution in [3.05, 3.63) is 35.6 Å². The van der Waals surface area contributed by atoms with Crippen molar-refractivity contribution >= 4 is 5.91 Å². The van der Waals surface area contributed by atoms with Crippen LogP contribution in [0.4, 0.5) is 4.39 Å². The third-order valence-electron chi connectivity index (χ3n) is 3.94. The Morgan fingerprint density at radius 1 is 1.21 bits per heavy atom. The van der Waals surface area contributed by atoms with Crippen LogP contribution in [0.5, 0.6) is 0 Å². The average molecular weight is 262 g/mol. The van der Waals surface area contributed by atoms with E-state index in [1.54, 1.807) is 12.1 Å². The number of carbonyl (C=O) groups excluding carboxylic acids is 1. The van der Waals surface area contributed by atoms with Crippen molar-refractivity contribution in [3.63, 3.8) is 0 Å². The Labute approximate surface area is 113 Å². The fraction of sp³-hybridized carbons (Fsp3) is 0.533. The Hall–Kier alpha value is -1.42. The van der Waals surface area contributed by atoms with Gasteiger partial charge in [-0.25, -0.2) is 4.39 Å². The van der Waals surface area contributed by atoms with E-state index in [0.29, 0.717) is 5.56 Å². The summed E-state index contributed by atoms with van der Waals surface area (Å²) in [6.45, 7) is 4.57. The maximum absolute atomic E-state index is 13.1. The van der Waals surface area contributed by atoms with Crippen molar-refractivity contribution < 1.29 is 9.18 Å². The van der Waals surface area contributed by atoms with Gasteiger partial charge in [-0.3, -0.25) is 9.69 Å². The molecule has 1 amide bonds. The van der Waals surface area contributed by atoms with E-state index in [1.807, 2.05) is 4.90 Å². The summed E-state index contributed by atoms with van der Waals surface area (Å²) in [6.07, 6.45) is 2.73. The molecule has 1 saturated carbocycles. The van der Waals surface area contributed by atoms with E-state index in [9.17, 15) is 9.18 Å². The minimum atomic E-state index is -0.349. The zero-order chi connectivity index (χ0) is 13.2. The molecule has 19 heavy (non-hydrogen) atoms. The summed E-state index contributed by atoms with van der Waals surface area (Å²) in [6, 6.07) is 5.96. The Balaban J connectivity index is 1.56. The van der Waals surface area contributed by atoms with Gasteiger partial charge >= 0.3 is 0 Å². The highest BCUT2D eigenvalue weighted by Crippen LogP contribution is 2.29. The van der Waals surface area contributed by atoms with Crippen molar-refractivity contribution in [1.82, 2.24) is 9.80 Å². The van der Waals surface area contributed by atoms with Gasteiger partial charge < -0.3 is 4.90 Å². The molecule has 0 radical (unpaired) electrons. The first kappa shape index (κ1) is 12.6. The van der Waals surface area contributed by atoms with Gasteiger partial charge in [0.25, 0.3) is 5.91 Å². The molecule has 0 atom stereocenters. The quantitative estimate of drug-likeness (QED) is 0.831. The second kappa shape index (κ2) is 5.29. The third kappa shape index (κ3) is 3.13. The SMILES string of the molecule is O=C(c1cccc(F)c1)N1CCN(CC2CC2)CC1. The van der Waals surface area contributed by atoms with E-state index in [2.05, 4.69) is 4.90 Å². The maximum Gasteiger partial charge on any atom is 0.254 e. The first-order valence-electron chi connectivity index (χ1n) is 6.99. The molecule has 1 saturated heterocycles. The van der Waals surface area contributed by atoms with Gasteiger partial charge in [-0.2, -0.15) is 0 Å². The standard InChI is InChI=1S/C15H19FN2O/c16-14-3-1-2-13(10-14)15(19)18-8-6-17(7-9-18)11-12-4-5-12/h1-3,10,12H,4-9,11H2. The largest absolute Gasteiger partial charge is 0.336 e. The molecule has 2 fully saturated rings. The van der Waals surface area contributed by atoms with E-state index in [-0.39, 0.29) is 11.7 Å². The summed E-state index contributed by atoms with van der Waals surface area (Å²) in [5, 5.41) is 0. The summed E-state index contributed by atoms with van der Waals surface area (Å²) >= 11 is 0. The van der Waals surface area contributed by atoms with Crippen LogP contribution in [0.15, 0.2) is 24.3 Å². The number of rotatable bonds is 3. The lowest BCUT2D eigenvalue weighted by molar-refractivity contribution is 0.0631. The second-order valence-electron chi connectivity index (χ2n) is 5.55. The van der Waals surface area contributed by atoms with E-state index >= 15 is 0 Å². The van der Waals surface area contributed by atoms with Crippen LogP contribution in [0.25, 0.3) is 0 Å². The zero-order valence-corrected chi connectivity index (χ0v) is 11.0. The monoisotopic (exact) mass is 262 g/mol. The van der Waals surface area contributed by atoms with Crippen LogP contribution < -0.4 is 0 Å². The number of carbonyl (C=O) groups is 1. The molecule has 0 unspecified atom stereocenters. The molecule has 0 N–H and O–H groups in total. The Kier molecular flexibility index (Phi) is 3.51. The maximum atomic E-state index is 13.1. The average Bonchev–Trinajstić information content (AvgIpc) is 3.23. The van der Waals surface area contributed by atoms with Crippen molar-refractivity contribution in [3.8, 4) is 0 Å². The zero-order valence-electron chi connectivity index (χ0n) is 11.0. The van der Waals surface area contributed by atoms with Gasteiger partial charge in [-0.1, -0.05) is 6.07 Å². The van der Waals surface area contributed by atoms with Crippen LogP contribution >= 0.6 is 0 Å². The molecule has 102 valence electrons. The lowest BCUT2D eigenvalue weighted by Gasteiger charge is -2.34. The Morgan fingerprint density at radius 3 is 2.58 bits per heavy atom. The smallest absolute Gasteiger partial charge is 0.254 e. The lowest BCUT2D eigenvalue weighted by Crippen LogP contribution is -2.49. The third-order valence-corrected chi connectivity index (χ3v) is 3.94. The fourth-order valence-electron chi connectivity index (χ4n) is 2.60. The second-order valence-corrected chi connectivity index (χ2v) is 5.55. The minimum Gasteiger partial charge on any atom is -0.336 e. The fourth-order valence-corrected chi connectivity index (χ4v) is 2.60. The summed E-state index contributed by atoms with van der Waals surface area (Å²) in [5.41, 5.74) is 0.454. The minimum absolute atomic E-state index is 0.0504. The molecule has 3 rings (SSSR count). The van der Waals surface area contributed by atoms with Crippen molar-refractivity contribution in [2.75, 3.05) is 32.7 Å². The topological polar surface area (TPSA) is 23.6 Å². The Morgan fingerprint density at radius 2 is 1.95 bits per heavy atom. The highest BCUT2D eigenvalue weighted by Gasteiger charge is 2.27. The number of hydrogen-bond donors (Lipinski definition) is 0. The predicted molar refractivity (Wildman–Crippen MR) is 71.5 cm³/mol. The summed E-state index contributed by atoms with van der Waals surface area (Å²) in [4.78, 5) is 16.5. The van der Waals surface area contributed by atoms with Crippen molar-refractivity contribution in [2.45, 2.75) is 12.8 Å². The molecule has 4 heteroatoms. The molecule has 0 spiro atoms. The first-order valence-corrected chi connectivity index (χ1v) is 6.99. The van der Waals surface area contributed by atoms with E-state index in [4.69, 9.17) is 0 Å². The molecule has 1 heterocycles. The molecule has 0 aromatic heterocycles. The summed E-state index contributed by atoms with van der Waals surface area (Å²) < 4.78 is 13.1. The molecule has 1 aromatic carbocycles. The normalized spacial score (nSPS) is 20.6. The van der Waals surface area contributed by atoms with Gasteiger partial charge in [0.2, 0.25) is 0 Å². The number of halogens is 1.